The number of likely N-dealkylation sites (N-methyl/N-ethyl adjacent to an activating group) is 1. The molecule has 1 N–H and O–H groups in total. The van der Waals surface area contributed by atoms with E-state index in [1.165, 1.54) is 5.56 Å². The molecule has 20 heavy (non-hydrogen) atoms. The Kier molecular flexibility index (Phi) is 4.40. The Balaban J connectivity index is 2.40. The molecule has 0 amide bonds. The first kappa shape index (κ1) is 14.5. The molecular formula is C17H22N2O. The minimum absolute atomic E-state index is 0.0515. The molecule has 0 fully saturated rings. The molecule has 106 valence electrons. The van der Waals surface area contributed by atoms with E-state index >= 15 is 0 Å². The van der Waals surface area contributed by atoms with Gasteiger partial charge >= 0.3 is 0 Å². The fourth-order valence-corrected chi connectivity index (χ4v) is 2.68. The number of aromatic nitrogens is 1. The predicted octanol–water partition coefficient (Wildman–Crippen LogP) is 3.33. The van der Waals surface area contributed by atoms with Crippen molar-refractivity contribution in [3.8, 4) is 5.75 Å². The molecule has 0 spiro atoms. The molecule has 0 aliphatic carbocycles. The van der Waals surface area contributed by atoms with E-state index in [1.807, 2.05) is 25.4 Å². The molecule has 0 radical (unpaired) electrons. The lowest BCUT2D eigenvalue weighted by Crippen LogP contribution is -2.35. The van der Waals surface area contributed by atoms with Gasteiger partial charge in [0.15, 0.2) is 0 Å². The highest BCUT2D eigenvalue weighted by Gasteiger charge is 2.31. The maximum Gasteiger partial charge on any atom is 0.137 e. The highest BCUT2D eigenvalue weighted by atomic mass is 16.5. The van der Waals surface area contributed by atoms with E-state index < -0.39 is 0 Å². The maximum absolute atomic E-state index is 5.28. The quantitative estimate of drug-likeness (QED) is 0.905. The van der Waals surface area contributed by atoms with E-state index in [2.05, 4.69) is 48.4 Å². The van der Waals surface area contributed by atoms with Gasteiger partial charge in [-0.1, -0.05) is 44.2 Å². The summed E-state index contributed by atoms with van der Waals surface area (Å²) < 4.78 is 5.28. The van der Waals surface area contributed by atoms with Crippen LogP contribution in [0.15, 0.2) is 48.8 Å². The molecule has 3 heteroatoms. The van der Waals surface area contributed by atoms with Gasteiger partial charge in [-0.25, -0.2) is 0 Å². The predicted molar refractivity (Wildman–Crippen MR) is 82.1 cm³/mol. The molecule has 0 aliphatic rings. The number of rotatable bonds is 5. The van der Waals surface area contributed by atoms with Crippen molar-refractivity contribution in [2.24, 2.45) is 0 Å². The summed E-state index contributed by atoms with van der Waals surface area (Å²) in [5, 5.41) is 3.41. The molecule has 0 saturated carbocycles. The van der Waals surface area contributed by atoms with Crippen molar-refractivity contribution in [1.82, 2.24) is 10.3 Å². The lowest BCUT2D eigenvalue weighted by molar-refractivity contribution is 0.364. The van der Waals surface area contributed by atoms with Gasteiger partial charge in [0.1, 0.15) is 5.75 Å². The van der Waals surface area contributed by atoms with Crippen LogP contribution in [0.5, 0.6) is 5.75 Å². The normalized spacial score (nSPS) is 13.0. The average Bonchev–Trinajstić information content (AvgIpc) is 2.49. The third kappa shape index (κ3) is 2.83. The fourth-order valence-electron chi connectivity index (χ4n) is 2.68. The van der Waals surface area contributed by atoms with Gasteiger partial charge in [0.05, 0.1) is 13.3 Å². The van der Waals surface area contributed by atoms with Crippen LogP contribution in [0.2, 0.25) is 0 Å². The molecule has 1 atom stereocenters. The smallest absolute Gasteiger partial charge is 0.137 e. The summed E-state index contributed by atoms with van der Waals surface area (Å²) in [7, 11) is 3.65. The molecule has 1 aromatic heterocycles. The highest BCUT2D eigenvalue weighted by Crippen LogP contribution is 2.37. The van der Waals surface area contributed by atoms with Crippen molar-refractivity contribution in [3.05, 3.63) is 59.9 Å². The summed E-state index contributed by atoms with van der Waals surface area (Å²) in [6, 6.07) is 12.7. The molecule has 2 rings (SSSR count). The zero-order valence-corrected chi connectivity index (χ0v) is 12.6. The van der Waals surface area contributed by atoms with Gasteiger partial charge in [-0.05, 0) is 24.2 Å². The van der Waals surface area contributed by atoms with Crippen LogP contribution in [-0.4, -0.2) is 19.1 Å². The Morgan fingerprint density at radius 3 is 2.45 bits per heavy atom. The average molecular weight is 270 g/mol. The zero-order chi connectivity index (χ0) is 14.6. The van der Waals surface area contributed by atoms with Gasteiger partial charge in [0, 0.05) is 17.7 Å². The maximum atomic E-state index is 5.28. The van der Waals surface area contributed by atoms with Gasteiger partial charge in [-0.15, -0.1) is 0 Å². The Morgan fingerprint density at radius 2 is 1.85 bits per heavy atom. The number of pyridine rings is 1. The Morgan fingerprint density at radius 1 is 1.15 bits per heavy atom. The van der Waals surface area contributed by atoms with E-state index in [1.54, 1.807) is 13.3 Å². The zero-order valence-electron chi connectivity index (χ0n) is 12.6. The first-order valence-corrected chi connectivity index (χ1v) is 6.81. The third-order valence-corrected chi connectivity index (χ3v) is 3.83. The van der Waals surface area contributed by atoms with Crippen LogP contribution >= 0.6 is 0 Å². The minimum Gasteiger partial charge on any atom is -0.495 e. The standard InChI is InChI=1S/C17H22N2O/c1-17(2,14-8-6-5-7-9-14)16(18-3)13-10-15(20-4)12-19-11-13/h5-12,16,18H,1-4H3. The van der Waals surface area contributed by atoms with E-state index in [9.17, 15) is 0 Å². The SMILES string of the molecule is CNC(c1cncc(OC)c1)C(C)(C)c1ccccc1. The van der Waals surface area contributed by atoms with E-state index in [0.717, 1.165) is 11.3 Å². The summed E-state index contributed by atoms with van der Waals surface area (Å²) in [5.74, 6) is 0.784. The van der Waals surface area contributed by atoms with Gasteiger partial charge in [0.2, 0.25) is 0 Å². The van der Waals surface area contributed by atoms with Gasteiger partial charge in [0.25, 0.3) is 0 Å². The number of ether oxygens (including phenoxy) is 1. The molecule has 1 heterocycles. The third-order valence-electron chi connectivity index (χ3n) is 3.83. The minimum atomic E-state index is -0.0515. The Labute approximate surface area is 121 Å². The monoisotopic (exact) mass is 270 g/mol. The summed E-state index contributed by atoms with van der Waals surface area (Å²) >= 11 is 0. The van der Waals surface area contributed by atoms with Crippen molar-refractivity contribution in [3.63, 3.8) is 0 Å². The van der Waals surface area contributed by atoms with Gasteiger partial charge in [-0.3, -0.25) is 4.98 Å². The molecule has 2 aromatic rings. The Bertz CT molecular complexity index is 552. The molecule has 1 unspecified atom stereocenters. The number of hydrogen-bond acceptors (Lipinski definition) is 3. The number of nitrogens with zero attached hydrogens (tertiary/aromatic N) is 1. The highest BCUT2D eigenvalue weighted by molar-refractivity contribution is 5.33. The van der Waals surface area contributed by atoms with Crippen molar-refractivity contribution in [2.45, 2.75) is 25.3 Å². The number of hydrogen-bond donors (Lipinski definition) is 1. The van der Waals surface area contributed by atoms with Crippen LogP contribution in [0, 0.1) is 0 Å². The molecule has 0 saturated heterocycles. The molecule has 3 nitrogen and oxygen atoms in total. The number of benzene rings is 1. The van der Waals surface area contributed by atoms with Crippen LogP contribution in [0.25, 0.3) is 0 Å². The second-order valence-electron chi connectivity index (χ2n) is 5.47. The largest absolute Gasteiger partial charge is 0.495 e. The van der Waals surface area contributed by atoms with Crippen molar-refractivity contribution in [2.75, 3.05) is 14.2 Å². The van der Waals surface area contributed by atoms with Crippen LogP contribution in [-0.2, 0) is 5.41 Å². The lowest BCUT2D eigenvalue weighted by Gasteiger charge is -2.35. The van der Waals surface area contributed by atoms with Crippen LogP contribution < -0.4 is 10.1 Å². The summed E-state index contributed by atoms with van der Waals surface area (Å²) in [5.41, 5.74) is 2.37. The van der Waals surface area contributed by atoms with Crippen molar-refractivity contribution >= 4 is 0 Å². The van der Waals surface area contributed by atoms with Crippen LogP contribution in [0.4, 0.5) is 0 Å². The Hall–Kier alpha value is -1.87. The first-order chi connectivity index (χ1) is 9.59. The molecule has 0 bridgehead atoms. The topological polar surface area (TPSA) is 34.2 Å². The summed E-state index contributed by atoms with van der Waals surface area (Å²) in [6.07, 6.45) is 3.63. The number of methoxy groups -OCH3 is 1. The second kappa shape index (κ2) is 6.06. The number of nitrogens with one attached hydrogen (secondary N) is 1. The summed E-state index contributed by atoms with van der Waals surface area (Å²) in [6.45, 7) is 4.48. The van der Waals surface area contributed by atoms with E-state index in [4.69, 9.17) is 4.74 Å². The van der Waals surface area contributed by atoms with Crippen molar-refractivity contribution < 1.29 is 4.74 Å². The van der Waals surface area contributed by atoms with E-state index in [0.29, 0.717) is 0 Å². The van der Waals surface area contributed by atoms with Gasteiger partial charge in [-0.2, -0.15) is 0 Å². The fraction of sp³-hybridized carbons (Fsp3) is 0.353. The van der Waals surface area contributed by atoms with E-state index in [-0.39, 0.29) is 11.5 Å². The first-order valence-electron chi connectivity index (χ1n) is 6.81. The van der Waals surface area contributed by atoms with Gasteiger partial charge < -0.3 is 10.1 Å². The second-order valence-corrected chi connectivity index (χ2v) is 5.47. The molecular weight excluding hydrogens is 248 g/mol. The van der Waals surface area contributed by atoms with Crippen LogP contribution in [0.3, 0.4) is 0 Å². The van der Waals surface area contributed by atoms with Crippen molar-refractivity contribution in [1.29, 1.82) is 0 Å². The van der Waals surface area contributed by atoms with Crippen LogP contribution in [0.1, 0.15) is 31.0 Å². The molecule has 1 aromatic carbocycles. The molecule has 0 aliphatic heterocycles. The lowest BCUT2D eigenvalue weighted by atomic mass is 9.75. The summed E-state index contributed by atoms with van der Waals surface area (Å²) in [4.78, 5) is 4.27.